The fourth-order valence-corrected chi connectivity index (χ4v) is 6.02. The molecule has 144 valence electrons. The first-order valence-corrected chi connectivity index (χ1v) is 10.7. The van der Waals surface area contributed by atoms with Crippen LogP contribution in [0.15, 0.2) is 29.1 Å². The molecule has 6 nitrogen and oxygen atoms in total. The Morgan fingerprint density at radius 3 is 2.74 bits per heavy atom. The van der Waals surface area contributed by atoms with Crippen molar-refractivity contribution in [2.45, 2.75) is 43.8 Å². The summed E-state index contributed by atoms with van der Waals surface area (Å²) in [4.78, 5) is 19.6. The van der Waals surface area contributed by atoms with E-state index in [1.807, 2.05) is 0 Å². The predicted molar refractivity (Wildman–Crippen MR) is 99.4 cm³/mol. The average Bonchev–Trinajstić information content (AvgIpc) is 2.95. The number of hydrogen-bond acceptors (Lipinski definition) is 4. The van der Waals surface area contributed by atoms with E-state index in [-0.39, 0.29) is 22.5 Å². The van der Waals surface area contributed by atoms with Gasteiger partial charge in [0.25, 0.3) is 5.56 Å². The van der Waals surface area contributed by atoms with Gasteiger partial charge >= 0.3 is 0 Å². The SMILES string of the molecule is Cc1nc2c(c(=O)[nH]1)CCC21CCCN(S(=O)(=O)Cc2ccc(F)cc2)C1. The van der Waals surface area contributed by atoms with Gasteiger partial charge < -0.3 is 4.98 Å². The third-order valence-electron chi connectivity index (χ3n) is 5.69. The highest BCUT2D eigenvalue weighted by atomic mass is 32.2. The van der Waals surface area contributed by atoms with Gasteiger partial charge in [-0.3, -0.25) is 4.79 Å². The molecule has 1 aromatic carbocycles. The standard InChI is InChI=1S/C19H22FN3O3S/c1-13-21-17-16(18(24)22-13)7-9-19(17)8-2-10-23(12-19)27(25,26)11-14-3-5-15(20)6-4-14/h3-6H,2,7-12H2,1H3,(H,21,22,24). The molecule has 1 aliphatic heterocycles. The summed E-state index contributed by atoms with van der Waals surface area (Å²) in [5.41, 5.74) is 1.53. The molecule has 2 aliphatic rings. The van der Waals surface area contributed by atoms with Crippen LogP contribution in [0.2, 0.25) is 0 Å². The number of nitrogens with zero attached hydrogens (tertiary/aromatic N) is 2. The third-order valence-corrected chi connectivity index (χ3v) is 7.48. The zero-order valence-corrected chi connectivity index (χ0v) is 16.0. The van der Waals surface area contributed by atoms with Crippen molar-refractivity contribution in [2.24, 2.45) is 0 Å². The Bertz CT molecular complexity index is 1030. The van der Waals surface area contributed by atoms with Gasteiger partial charge in [-0.2, -0.15) is 0 Å². The Morgan fingerprint density at radius 2 is 2.00 bits per heavy atom. The summed E-state index contributed by atoms with van der Waals surface area (Å²) in [5, 5.41) is 0. The topological polar surface area (TPSA) is 83.1 Å². The van der Waals surface area contributed by atoms with Crippen molar-refractivity contribution in [3.63, 3.8) is 0 Å². The molecule has 0 radical (unpaired) electrons. The van der Waals surface area contributed by atoms with Crippen molar-refractivity contribution in [1.82, 2.24) is 14.3 Å². The Morgan fingerprint density at radius 1 is 1.26 bits per heavy atom. The number of H-pyrrole nitrogens is 1. The van der Waals surface area contributed by atoms with Crippen LogP contribution in [0.4, 0.5) is 4.39 Å². The van der Waals surface area contributed by atoms with Crippen molar-refractivity contribution in [1.29, 1.82) is 0 Å². The van der Waals surface area contributed by atoms with Crippen LogP contribution < -0.4 is 5.56 Å². The van der Waals surface area contributed by atoms with Crippen molar-refractivity contribution in [3.05, 3.63) is 63.1 Å². The molecule has 1 unspecified atom stereocenters. The van der Waals surface area contributed by atoms with Gasteiger partial charge in [0.05, 0.1) is 11.4 Å². The van der Waals surface area contributed by atoms with E-state index in [4.69, 9.17) is 0 Å². The van der Waals surface area contributed by atoms with Crippen LogP contribution >= 0.6 is 0 Å². The van der Waals surface area contributed by atoms with Gasteiger partial charge in [-0.15, -0.1) is 0 Å². The number of nitrogens with one attached hydrogen (secondary N) is 1. The first-order chi connectivity index (χ1) is 12.8. The number of sulfonamides is 1. The first-order valence-electron chi connectivity index (χ1n) is 9.12. The number of aryl methyl sites for hydroxylation is 1. The Kier molecular flexibility index (Phi) is 4.43. The normalized spacial score (nSPS) is 22.9. The molecule has 0 amide bonds. The zero-order chi connectivity index (χ0) is 19.2. The molecular formula is C19H22FN3O3S. The van der Waals surface area contributed by atoms with Gasteiger partial charge in [0, 0.05) is 24.1 Å². The van der Waals surface area contributed by atoms with Crippen LogP contribution in [-0.2, 0) is 27.6 Å². The molecule has 2 aromatic rings. The Labute approximate surface area is 157 Å². The molecule has 1 spiro atoms. The molecule has 4 rings (SSSR count). The molecule has 1 atom stereocenters. The van der Waals surface area contributed by atoms with Crippen molar-refractivity contribution in [2.75, 3.05) is 13.1 Å². The smallest absolute Gasteiger partial charge is 0.254 e. The summed E-state index contributed by atoms with van der Waals surface area (Å²) in [7, 11) is -3.54. The lowest BCUT2D eigenvalue weighted by Gasteiger charge is -2.39. The van der Waals surface area contributed by atoms with Crippen LogP contribution in [0.5, 0.6) is 0 Å². The molecular weight excluding hydrogens is 369 g/mol. The molecule has 1 fully saturated rings. The maximum Gasteiger partial charge on any atom is 0.254 e. The summed E-state index contributed by atoms with van der Waals surface area (Å²) >= 11 is 0. The molecule has 1 aromatic heterocycles. The van der Waals surface area contributed by atoms with Crippen LogP contribution in [-0.4, -0.2) is 35.8 Å². The van der Waals surface area contributed by atoms with Gasteiger partial charge in [-0.1, -0.05) is 12.1 Å². The monoisotopic (exact) mass is 391 g/mol. The van der Waals surface area contributed by atoms with Crippen LogP contribution in [0, 0.1) is 12.7 Å². The van der Waals surface area contributed by atoms with Gasteiger partial charge in [-0.05, 0) is 50.3 Å². The summed E-state index contributed by atoms with van der Waals surface area (Å²) in [6.07, 6.45) is 2.93. The minimum atomic E-state index is -3.54. The summed E-state index contributed by atoms with van der Waals surface area (Å²) in [5.74, 6) is 0.0199. The number of fused-ring (bicyclic) bond motifs is 2. The maximum atomic E-state index is 13.1. The molecule has 8 heteroatoms. The largest absolute Gasteiger partial charge is 0.311 e. The van der Waals surface area contributed by atoms with Crippen LogP contribution in [0.25, 0.3) is 0 Å². The molecule has 0 saturated carbocycles. The summed E-state index contributed by atoms with van der Waals surface area (Å²) < 4.78 is 40.5. The van der Waals surface area contributed by atoms with E-state index in [0.717, 1.165) is 25.0 Å². The second-order valence-corrected chi connectivity index (χ2v) is 9.55. The quantitative estimate of drug-likeness (QED) is 0.868. The fourth-order valence-electron chi connectivity index (χ4n) is 4.37. The van der Waals surface area contributed by atoms with E-state index in [1.54, 1.807) is 6.92 Å². The molecule has 0 bridgehead atoms. The Balaban J connectivity index is 1.63. The Hall–Kier alpha value is -2.06. The van der Waals surface area contributed by atoms with E-state index in [9.17, 15) is 17.6 Å². The van der Waals surface area contributed by atoms with Crippen molar-refractivity contribution >= 4 is 10.0 Å². The summed E-state index contributed by atoms with van der Waals surface area (Å²) in [6.45, 7) is 2.56. The zero-order valence-electron chi connectivity index (χ0n) is 15.2. The second-order valence-electron chi connectivity index (χ2n) is 7.58. The van der Waals surface area contributed by atoms with E-state index in [0.29, 0.717) is 36.5 Å². The van der Waals surface area contributed by atoms with Gasteiger partial charge in [0.15, 0.2) is 0 Å². The van der Waals surface area contributed by atoms with Gasteiger partial charge in [-0.25, -0.2) is 22.1 Å². The lowest BCUT2D eigenvalue weighted by atomic mass is 9.78. The third kappa shape index (κ3) is 3.32. The lowest BCUT2D eigenvalue weighted by molar-refractivity contribution is 0.219. The van der Waals surface area contributed by atoms with E-state index in [2.05, 4.69) is 9.97 Å². The highest BCUT2D eigenvalue weighted by Crippen LogP contribution is 2.43. The van der Waals surface area contributed by atoms with E-state index < -0.39 is 10.0 Å². The molecule has 27 heavy (non-hydrogen) atoms. The number of halogens is 1. The fraction of sp³-hybridized carbons (Fsp3) is 0.474. The summed E-state index contributed by atoms with van der Waals surface area (Å²) in [6, 6.07) is 5.55. The van der Waals surface area contributed by atoms with Crippen LogP contribution in [0.1, 0.15) is 41.9 Å². The maximum absolute atomic E-state index is 13.1. The molecule has 2 heterocycles. The van der Waals surface area contributed by atoms with E-state index in [1.165, 1.54) is 28.6 Å². The first kappa shape index (κ1) is 18.3. The number of rotatable bonds is 3. The minimum absolute atomic E-state index is 0.110. The van der Waals surface area contributed by atoms with Crippen LogP contribution in [0.3, 0.4) is 0 Å². The highest BCUT2D eigenvalue weighted by Gasteiger charge is 2.46. The number of piperidine rings is 1. The molecule has 1 aliphatic carbocycles. The number of aromatic amines is 1. The molecule has 1 saturated heterocycles. The highest BCUT2D eigenvalue weighted by molar-refractivity contribution is 7.88. The number of benzene rings is 1. The number of aromatic nitrogens is 2. The second kappa shape index (κ2) is 6.53. The predicted octanol–water partition coefficient (Wildman–Crippen LogP) is 2.03. The lowest BCUT2D eigenvalue weighted by Crippen LogP contribution is -2.48. The minimum Gasteiger partial charge on any atom is -0.311 e. The average molecular weight is 391 g/mol. The van der Waals surface area contributed by atoms with Gasteiger partial charge in [0.2, 0.25) is 10.0 Å². The van der Waals surface area contributed by atoms with E-state index >= 15 is 0 Å². The van der Waals surface area contributed by atoms with Crippen molar-refractivity contribution in [3.8, 4) is 0 Å². The van der Waals surface area contributed by atoms with Crippen molar-refractivity contribution < 1.29 is 12.8 Å². The van der Waals surface area contributed by atoms with Gasteiger partial charge in [0.1, 0.15) is 11.6 Å². The molecule has 1 N–H and O–H groups in total. The number of hydrogen-bond donors (Lipinski definition) is 1.